The Morgan fingerprint density at radius 2 is 1.87 bits per heavy atom. The average Bonchev–Trinajstić information content (AvgIpc) is 2.56. The van der Waals surface area contributed by atoms with Crippen LogP contribution in [-0.4, -0.2) is 32.7 Å². The first-order valence-corrected chi connectivity index (χ1v) is 6.83. The smallest absolute Gasteiger partial charge is 0.210 e. The Morgan fingerprint density at radius 1 is 1.17 bits per heavy atom. The molecule has 0 saturated carbocycles. The van der Waals surface area contributed by atoms with E-state index in [9.17, 15) is 19.4 Å². The van der Waals surface area contributed by atoms with Crippen molar-refractivity contribution in [2.45, 2.75) is 19.8 Å². The van der Waals surface area contributed by atoms with Gasteiger partial charge in [-0.3, -0.25) is 4.79 Å². The van der Waals surface area contributed by atoms with Crippen molar-refractivity contribution < 1.29 is 29.2 Å². The van der Waals surface area contributed by atoms with Crippen molar-refractivity contribution in [3.05, 3.63) is 58.7 Å². The third kappa shape index (κ3) is 4.10. The van der Waals surface area contributed by atoms with Crippen molar-refractivity contribution in [2.75, 3.05) is 6.61 Å². The fraction of sp³-hybridized carbons (Fsp3) is 0.250. The maximum Gasteiger partial charge on any atom is 0.210 e. The number of carbonyl (C=O) groups is 1. The SMILES string of the molecule is O=C(CO)c1ncc(COCc2ccc(F)cc2)c(CO)c1O. The zero-order valence-electron chi connectivity index (χ0n) is 12.2. The first-order valence-electron chi connectivity index (χ1n) is 6.83. The lowest BCUT2D eigenvalue weighted by Crippen LogP contribution is -2.10. The number of halogens is 1. The summed E-state index contributed by atoms with van der Waals surface area (Å²) < 4.78 is 18.3. The maximum absolute atomic E-state index is 12.8. The van der Waals surface area contributed by atoms with Crippen molar-refractivity contribution in [1.29, 1.82) is 0 Å². The predicted octanol–water partition coefficient (Wildman–Crippen LogP) is 1.31. The fourth-order valence-electron chi connectivity index (χ4n) is 2.02. The number of ether oxygens (including phenoxy) is 1. The molecule has 3 N–H and O–H groups in total. The second-order valence-corrected chi connectivity index (χ2v) is 4.82. The highest BCUT2D eigenvalue weighted by atomic mass is 19.1. The Hall–Kier alpha value is -2.35. The number of rotatable bonds is 7. The Morgan fingerprint density at radius 3 is 2.48 bits per heavy atom. The molecule has 0 saturated heterocycles. The number of aliphatic hydroxyl groups excluding tert-OH is 2. The number of benzene rings is 1. The minimum absolute atomic E-state index is 0.0431. The number of aromatic nitrogens is 1. The van der Waals surface area contributed by atoms with E-state index in [-0.39, 0.29) is 30.3 Å². The van der Waals surface area contributed by atoms with Crippen molar-refractivity contribution in [1.82, 2.24) is 4.98 Å². The molecule has 0 aliphatic carbocycles. The third-order valence-electron chi connectivity index (χ3n) is 3.25. The number of aliphatic hydroxyl groups is 2. The van der Waals surface area contributed by atoms with Gasteiger partial charge in [0.25, 0.3) is 0 Å². The molecule has 0 amide bonds. The zero-order valence-corrected chi connectivity index (χ0v) is 12.2. The van der Waals surface area contributed by atoms with Gasteiger partial charge in [-0.25, -0.2) is 9.37 Å². The fourth-order valence-corrected chi connectivity index (χ4v) is 2.02. The van der Waals surface area contributed by atoms with E-state index in [1.54, 1.807) is 12.1 Å². The Kier molecular flexibility index (Phi) is 5.75. The van der Waals surface area contributed by atoms with Crippen LogP contribution in [0.25, 0.3) is 0 Å². The summed E-state index contributed by atoms with van der Waals surface area (Å²) in [7, 11) is 0. The predicted molar refractivity (Wildman–Crippen MR) is 78.1 cm³/mol. The van der Waals surface area contributed by atoms with Crippen LogP contribution < -0.4 is 0 Å². The summed E-state index contributed by atoms with van der Waals surface area (Å²) in [5, 5.41) is 28.2. The number of carbonyl (C=O) groups excluding carboxylic acids is 1. The molecule has 122 valence electrons. The van der Waals surface area contributed by atoms with E-state index in [1.807, 2.05) is 0 Å². The molecule has 1 aromatic heterocycles. The number of pyridine rings is 1. The molecule has 6 nitrogen and oxygen atoms in total. The van der Waals surface area contributed by atoms with Gasteiger partial charge in [-0.15, -0.1) is 0 Å². The van der Waals surface area contributed by atoms with Gasteiger partial charge >= 0.3 is 0 Å². The largest absolute Gasteiger partial charge is 0.505 e. The van der Waals surface area contributed by atoms with Gasteiger partial charge in [0.2, 0.25) is 5.78 Å². The third-order valence-corrected chi connectivity index (χ3v) is 3.25. The second-order valence-electron chi connectivity index (χ2n) is 4.82. The van der Waals surface area contributed by atoms with Gasteiger partial charge in [0, 0.05) is 17.3 Å². The Bertz CT molecular complexity index is 688. The van der Waals surface area contributed by atoms with Gasteiger partial charge in [-0.1, -0.05) is 12.1 Å². The van der Waals surface area contributed by atoms with Crippen molar-refractivity contribution in [3.63, 3.8) is 0 Å². The molecule has 2 aromatic rings. The molecular weight excluding hydrogens is 305 g/mol. The van der Waals surface area contributed by atoms with Gasteiger partial charge in [-0.2, -0.15) is 0 Å². The standard InChI is InChI=1S/C16H16FNO5/c17-12-3-1-10(2-4-12)8-23-9-11-5-18-15(14(21)7-20)16(22)13(11)6-19/h1-5,19-20,22H,6-9H2. The van der Waals surface area contributed by atoms with E-state index < -0.39 is 24.7 Å². The molecule has 0 aliphatic rings. The van der Waals surface area contributed by atoms with Crippen LogP contribution in [0.2, 0.25) is 0 Å². The molecule has 1 heterocycles. The van der Waals surface area contributed by atoms with Crippen molar-refractivity contribution in [3.8, 4) is 5.75 Å². The number of hydrogen-bond donors (Lipinski definition) is 3. The van der Waals surface area contributed by atoms with Gasteiger partial charge < -0.3 is 20.1 Å². The Labute approximate surface area is 131 Å². The van der Waals surface area contributed by atoms with Crippen LogP contribution in [0.15, 0.2) is 30.5 Å². The van der Waals surface area contributed by atoms with Crippen LogP contribution in [0.3, 0.4) is 0 Å². The first kappa shape index (κ1) is 17.0. The van der Waals surface area contributed by atoms with Crippen LogP contribution in [0, 0.1) is 5.82 Å². The van der Waals surface area contributed by atoms with Crippen molar-refractivity contribution >= 4 is 5.78 Å². The molecule has 0 radical (unpaired) electrons. The molecular formula is C16H16FNO5. The van der Waals surface area contributed by atoms with E-state index in [0.29, 0.717) is 5.56 Å². The molecule has 0 fully saturated rings. The lowest BCUT2D eigenvalue weighted by molar-refractivity contribution is 0.0893. The minimum Gasteiger partial charge on any atom is -0.505 e. The van der Waals surface area contributed by atoms with Gasteiger partial charge in [0.05, 0.1) is 19.8 Å². The van der Waals surface area contributed by atoms with Crippen LogP contribution >= 0.6 is 0 Å². The van der Waals surface area contributed by atoms with Gasteiger partial charge in [0.15, 0.2) is 11.4 Å². The summed E-state index contributed by atoms with van der Waals surface area (Å²) in [6.07, 6.45) is 1.30. The highest BCUT2D eigenvalue weighted by Gasteiger charge is 2.18. The highest BCUT2D eigenvalue weighted by Crippen LogP contribution is 2.25. The quantitative estimate of drug-likeness (QED) is 0.665. The second kappa shape index (κ2) is 7.77. The molecule has 0 bridgehead atoms. The lowest BCUT2D eigenvalue weighted by Gasteiger charge is -2.12. The Balaban J connectivity index is 2.09. The average molecular weight is 321 g/mol. The zero-order chi connectivity index (χ0) is 16.8. The van der Waals surface area contributed by atoms with Gasteiger partial charge in [-0.05, 0) is 17.7 Å². The summed E-state index contributed by atoms with van der Waals surface area (Å²) in [6.45, 7) is -1.04. The number of nitrogens with zero attached hydrogens (tertiary/aromatic N) is 1. The molecule has 23 heavy (non-hydrogen) atoms. The summed E-state index contributed by atoms with van der Waals surface area (Å²) in [5.41, 5.74) is 1.01. The topological polar surface area (TPSA) is 99.9 Å². The lowest BCUT2D eigenvalue weighted by atomic mass is 10.1. The van der Waals surface area contributed by atoms with Crippen molar-refractivity contribution in [2.24, 2.45) is 0 Å². The van der Waals surface area contributed by atoms with Crippen LogP contribution in [0.4, 0.5) is 4.39 Å². The summed E-state index contributed by atoms with van der Waals surface area (Å²) >= 11 is 0. The van der Waals surface area contributed by atoms with E-state index >= 15 is 0 Å². The normalized spacial score (nSPS) is 10.7. The van der Waals surface area contributed by atoms with Crippen LogP contribution in [-0.2, 0) is 24.6 Å². The number of hydrogen-bond acceptors (Lipinski definition) is 6. The number of Topliss-reactive ketones (excluding diaryl/α,β-unsaturated/α-hetero) is 1. The molecule has 0 aliphatic heterocycles. The van der Waals surface area contributed by atoms with E-state index in [2.05, 4.69) is 4.98 Å². The summed E-state index contributed by atoms with van der Waals surface area (Å²) in [4.78, 5) is 15.2. The molecule has 0 atom stereocenters. The number of aromatic hydroxyl groups is 1. The molecule has 0 unspecified atom stereocenters. The molecule has 1 aromatic carbocycles. The highest BCUT2D eigenvalue weighted by molar-refractivity contribution is 5.97. The number of ketones is 1. The summed E-state index contributed by atoms with van der Waals surface area (Å²) in [6, 6.07) is 5.81. The molecule has 2 rings (SSSR count). The van der Waals surface area contributed by atoms with Crippen LogP contribution in [0.5, 0.6) is 5.75 Å². The summed E-state index contributed by atoms with van der Waals surface area (Å²) in [5.74, 6) is -1.54. The van der Waals surface area contributed by atoms with E-state index in [4.69, 9.17) is 9.84 Å². The van der Waals surface area contributed by atoms with E-state index in [0.717, 1.165) is 5.56 Å². The van der Waals surface area contributed by atoms with Gasteiger partial charge in [0.1, 0.15) is 12.4 Å². The van der Waals surface area contributed by atoms with E-state index in [1.165, 1.54) is 18.3 Å². The molecule has 0 spiro atoms. The minimum atomic E-state index is -0.786. The monoisotopic (exact) mass is 321 g/mol. The maximum atomic E-state index is 12.8. The first-order chi connectivity index (χ1) is 11.1. The van der Waals surface area contributed by atoms with Crippen LogP contribution in [0.1, 0.15) is 27.2 Å². The molecule has 7 heteroatoms.